The monoisotopic (exact) mass is 446 g/mol. The first-order chi connectivity index (χ1) is 15.9. The summed E-state index contributed by atoms with van der Waals surface area (Å²) < 4.78 is 19.8. The van der Waals surface area contributed by atoms with Gasteiger partial charge in [-0.15, -0.1) is 0 Å². The quantitative estimate of drug-likeness (QED) is 0.519. The SMILES string of the molecule is Cc1cccc(-n2nc(C(=O)N3CCc4c(noc4-c4ccc(F)cc4)C3)c(O)cc2=O)c1. The number of halogens is 1. The average Bonchev–Trinajstić information content (AvgIpc) is 3.22. The first-order valence-corrected chi connectivity index (χ1v) is 10.3. The summed E-state index contributed by atoms with van der Waals surface area (Å²) in [5, 5.41) is 18.6. The average molecular weight is 446 g/mol. The number of aromatic hydroxyl groups is 1. The number of nitrogens with zero attached hydrogens (tertiary/aromatic N) is 4. The number of aryl methyl sites for hydroxylation is 1. The molecule has 33 heavy (non-hydrogen) atoms. The van der Waals surface area contributed by atoms with Crippen LogP contribution in [0.5, 0.6) is 5.75 Å². The molecular formula is C24H19FN4O4. The Morgan fingerprint density at radius 1 is 1.15 bits per heavy atom. The zero-order chi connectivity index (χ0) is 23.1. The Bertz CT molecular complexity index is 1430. The molecule has 0 aliphatic carbocycles. The molecule has 9 heteroatoms. The van der Waals surface area contributed by atoms with Crippen LogP contribution in [0.3, 0.4) is 0 Å². The predicted octanol–water partition coefficient (Wildman–Crippen LogP) is 3.24. The van der Waals surface area contributed by atoms with E-state index in [1.54, 1.807) is 30.3 Å². The molecule has 1 amide bonds. The lowest BCUT2D eigenvalue weighted by atomic mass is 10.0. The highest BCUT2D eigenvalue weighted by molar-refractivity contribution is 5.94. The van der Waals surface area contributed by atoms with E-state index in [2.05, 4.69) is 10.3 Å². The molecule has 5 rings (SSSR count). The maximum atomic E-state index is 13.2. The second kappa shape index (κ2) is 8.01. The van der Waals surface area contributed by atoms with Crippen LogP contribution in [0.15, 0.2) is 63.9 Å². The molecule has 2 aromatic carbocycles. The molecule has 0 saturated heterocycles. The van der Waals surface area contributed by atoms with Crippen LogP contribution in [0, 0.1) is 12.7 Å². The number of aromatic nitrogens is 3. The Hall–Kier alpha value is -4.27. The van der Waals surface area contributed by atoms with Gasteiger partial charge >= 0.3 is 0 Å². The summed E-state index contributed by atoms with van der Waals surface area (Å²) in [4.78, 5) is 27.1. The van der Waals surface area contributed by atoms with Gasteiger partial charge in [0.25, 0.3) is 11.5 Å². The predicted molar refractivity (Wildman–Crippen MR) is 117 cm³/mol. The molecule has 3 heterocycles. The van der Waals surface area contributed by atoms with E-state index < -0.39 is 17.2 Å². The molecule has 2 aromatic heterocycles. The Morgan fingerprint density at radius 3 is 2.70 bits per heavy atom. The number of benzene rings is 2. The third-order valence-electron chi connectivity index (χ3n) is 5.60. The van der Waals surface area contributed by atoms with Crippen molar-refractivity contribution in [3.05, 3.63) is 93.3 Å². The molecule has 1 N–H and O–H groups in total. The fourth-order valence-electron chi connectivity index (χ4n) is 3.93. The van der Waals surface area contributed by atoms with Gasteiger partial charge in [-0.25, -0.2) is 4.39 Å². The summed E-state index contributed by atoms with van der Waals surface area (Å²) in [7, 11) is 0. The number of carbonyl (C=O) groups is 1. The van der Waals surface area contributed by atoms with Crippen molar-refractivity contribution < 1.29 is 18.8 Å². The van der Waals surface area contributed by atoms with E-state index in [9.17, 15) is 19.1 Å². The van der Waals surface area contributed by atoms with Gasteiger partial charge in [0.1, 0.15) is 11.5 Å². The fraction of sp³-hybridized carbons (Fsp3) is 0.167. The number of hydrogen-bond acceptors (Lipinski definition) is 6. The third-order valence-corrected chi connectivity index (χ3v) is 5.60. The first-order valence-electron chi connectivity index (χ1n) is 10.3. The standard InChI is InChI=1S/C24H19FN4O4/c1-14-3-2-4-17(11-14)29-21(31)12-20(30)22(26-29)24(32)28-10-9-18-19(13-28)27-33-23(18)15-5-7-16(25)8-6-15/h2-8,11-12,30H,9-10,13H2,1H3. The highest BCUT2D eigenvalue weighted by Gasteiger charge is 2.30. The number of fused-ring (bicyclic) bond motifs is 1. The third kappa shape index (κ3) is 3.78. The molecule has 1 aliphatic rings. The zero-order valence-electron chi connectivity index (χ0n) is 17.7. The van der Waals surface area contributed by atoms with E-state index in [-0.39, 0.29) is 18.1 Å². The summed E-state index contributed by atoms with van der Waals surface area (Å²) in [5.74, 6) is -0.799. The molecular weight excluding hydrogens is 427 g/mol. The van der Waals surface area contributed by atoms with E-state index in [4.69, 9.17) is 4.52 Å². The summed E-state index contributed by atoms with van der Waals surface area (Å²) in [6, 6.07) is 14.0. The van der Waals surface area contributed by atoms with Gasteiger partial charge in [0.05, 0.1) is 12.2 Å². The Morgan fingerprint density at radius 2 is 1.94 bits per heavy atom. The molecule has 0 bridgehead atoms. The van der Waals surface area contributed by atoms with Crippen molar-refractivity contribution in [1.82, 2.24) is 19.8 Å². The minimum Gasteiger partial charge on any atom is -0.505 e. The normalized spacial score (nSPS) is 13.1. The van der Waals surface area contributed by atoms with E-state index in [1.165, 1.54) is 17.0 Å². The topological polar surface area (TPSA) is 101 Å². The van der Waals surface area contributed by atoms with Gasteiger partial charge < -0.3 is 14.5 Å². The van der Waals surface area contributed by atoms with Crippen LogP contribution in [-0.4, -0.2) is 37.4 Å². The van der Waals surface area contributed by atoms with Crippen LogP contribution in [0.1, 0.15) is 27.3 Å². The first kappa shape index (κ1) is 20.6. The minimum atomic E-state index is -0.545. The molecule has 0 fully saturated rings. The van der Waals surface area contributed by atoms with Crippen molar-refractivity contribution in [3.8, 4) is 22.8 Å². The second-order valence-electron chi connectivity index (χ2n) is 7.89. The zero-order valence-corrected chi connectivity index (χ0v) is 17.7. The molecule has 166 valence electrons. The summed E-state index contributed by atoms with van der Waals surface area (Å²) in [6.07, 6.45) is 0.468. The molecule has 0 unspecified atom stereocenters. The number of carbonyl (C=O) groups excluding carboxylic acids is 1. The van der Waals surface area contributed by atoms with Gasteiger partial charge in [-0.3, -0.25) is 9.59 Å². The number of amides is 1. The summed E-state index contributed by atoms with van der Waals surface area (Å²) in [6.45, 7) is 2.37. The number of hydrogen-bond donors (Lipinski definition) is 1. The van der Waals surface area contributed by atoms with Gasteiger partial charge in [0.15, 0.2) is 17.2 Å². The highest BCUT2D eigenvalue weighted by atomic mass is 19.1. The largest absolute Gasteiger partial charge is 0.505 e. The van der Waals surface area contributed by atoms with Crippen LogP contribution >= 0.6 is 0 Å². The van der Waals surface area contributed by atoms with Crippen molar-refractivity contribution in [2.75, 3.05) is 6.54 Å². The second-order valence-corrected chi connectivity index (χ2v) is 7.89. The van der Waals surface area contributed by atoms with Crippen molar-refractivity contribution >= 4 is 5.91 Å². The van der Waals surface area contributed by atoms with Gasteiger partial charge in [-0.1, -0.05) is 17.3 Å². The van der Waals surface area contributed by atoms with Gasteiger partial charge in [0, 0.05) is 23.7 Å². The van der Waals surface area contributed by atoms with E-state index >= 15 is 0 Å². The van der Waals surface area contributed by atoms with Crippen LogP contribution < -0.4 is 5.56 Å². The summed E-state index contributed by atoms with van der Waals surface area (Å²) in [5.41, 5.74) is 2.80. The van der Waals surface area contributed by atoms with E-state index in [0.29, 0.717) is 35.7 Å². The van der Waals surface area contributed by atoms with Crippen molar-refractivity contribution in [1.29, 1.82) is 0 Å². The fourth-order valence-corrected chi connectivity index (χ4v) is 3.93. The minimum absolute atomic E-state index is 0.156. The summed E-state index contributed by atoms with van der Waals surface area (Å²) >= 11 is 0. The lowest BCUT2D eigenvalue weighted by Gasteiger charge is -2.26. The van der Waals surface area contributed by atoms with Crippen molar-refractivity contribution in [3.63, 3.8) is 0 Å². The molecule has 0 atom stereocenters. The van der Waals surface area contributed by atoms with Gasteiger partial charge in [-0.2, -0.15) is 9.78 Å². The molecule has 4 aromatic rings. The van der Waals surface area contributed by atoms with Gasteiger partial charge in [-0.05, 0) is 55.3 Å². The maximum absolute atomic E-state index is 13.2. The highest BCUT2D eigenvalue weighted by Crippen LogP contribution is 2.31. The Labute approximate surface area is 187 Å². The molecule has 0 spiro atoms. The lowest BCUT2D eigenvalue weighted by molar-refractivity contribution is 0.0720. The lowest BCUT2D eigenvalue weighted by Crippen LogP contribution is -2.37. The number of rotatable bonds is 3. The van der Waals surface area contributed by atoms with Crippen molar-refractivity contribution in [2.45, 2.75) is 19.9 Å². The van der Waals surface area contributed by atoms with Crippen LogP contribution in [-0.2, 0) is 13.0 Å². The van der Waals surface area contributed by atoms with Crippen LogP contribution in [0.2, 0.25) is 0 Å². The van der Waals surface area contributed by atoms with E-state index in [0.717, 1.165) is 21.9 Å². The van der Waals surface area contributed by atoms with E-state index in [1.807, 2.05) is 13.0 Å². The molecule has 0 radical (unpaired) electrons. The van der Waals surface area contributed by atoms with Crippen LogP contribution in [0.25, 0.3) is 17.0 Å². The molecule has 8 nitrogen and oxygen atoms in total. The maximum Gasteiger partial charge on any atom is 0.278 e. The smallest absolute Gasteiger partial charge is 0.278 e. The Balaban J connectivity index is 1.44. The van der Waals surface area contributed by atoms with Gasteiger partial charge in [0.2, 0.25) is 0 Å². The van der Waals surface area contributed by atoms with Crippen molar-refractivity contribution in [2.24, 2.45) is 0 Å². The molecule has 1 aliphatic heterocycles. The Kier molecular flexibility index (Phi) is 5.01. The molecule has 0 saturated carbocycles. The van der Waals surface area contributed by atoms with Crippen LogP contribution in [0.4, 0.5) is 4.39 Å².